The SMILES string of the molecule is Cn1c(=O)c(C#N)c(N2CC3CN(c4ccc(OC(F)(F)F)cn4)CC3C2)c2nc(Cl)ccc21. The monoisotopic (exact) mass is 490 g/mol. The van der Waals surface area contributed by atoms with Gasteiger partial charge in [0.15, 0.2) is 0 Å². The van der Waals surface area contributed by atoms with Crippen LogP contribution in [0.25, 0.3) is 11.0 Å². The normalized spacial score (nSPS) is 20.0. The van der Waals surface area contributed by atoms with Crippen LogP contribution in [0.15, 0.2) is 35.3 Å². The van der Waals surface area contributed by atoms with E-state index in [1.165, 1.54) is 16.7 Å². The van der Waals surface area contributed by atoms with Crippen molar-refractivity contribution in [2.75, 3.05) is 36.0 Å². The van der Waals surface area contributed by atoms with E-state index in [1.54, 1.807) is 19.2 Å². The van der Waals surface area contributed by atoms with E-state index in [0.29, 0.717) is 48.7 Å². The second-order valence-corrected chi connectivity index (χ2v) is 8.82. The van der Waals surface area contributed by atoms with Gasteiger partial charge < -0.3 is 19.1 Å². The summed E-state index contributed by atoms with van der Waals surface area (Å²) in [6.45, 7) is 2.49. The molecule has 0 aromatic carbocycles. The molecule has 34 heavy (non-hydrogen) atoms. The molecule has 0 aliphatic carbocycles. The maximum Gasteiger partial charge on any atom is 0.573 e. The van der Waals surface area contributed by atoms with Crippen LogP contribution < -0.4 is 20.1 Å². The Balaban J connectivity index is 1.39. The molecule has 3 aromatic heterocycles. The van der Waals surface area contributed by atoms with Crippen molar-refractivity contribution < 1.29 is 17.9 Å². The average Bonchev–Trinajstić information content (AvgIpc) is 3.34. The zero-order valence-electron chi connectivity index (χ0n) is 17.9. The molecule has 0 bridgehead atoms. The van der Waals surface area contributed by atoms with E-state index in [9.17, 15) is 23.2 Å². The highest BCUT2D eigenvalue weighted by molar-refractivity contribution is 6.29. The Morgan fingerprint density at radius 3 is 2.38 bits per heavy atom. The summed E-state index contributed by atoms with van der Waals surface area (Å²) in [5.41, 5.74) is 1.23. The standard InChI is InChI=1S/C22H18ClF3N6O2/c1-30-16-3-4-17(23)29-19(16)20(15(6-27)21(30)33)32-10-12-8-31(9-13(12)11-32)18-5-2-14(7-28-18)34-22(24,25)26/h2-5,7,12-13H,8-11H2,1H3. The highest BCUT2D eigenvalue weighted by atomic mass is 35.5. The largest absolute Gasteiger partial charge is 0.573 e. The Morgan fingerprint density at radius 1 is 1.12 bits per heavy atom. The number of aryl methyl sites for hydroxylation is 1. The van der Waals surface area contributed by atoms with Crippen molar-refractivity contribution in [3.8, 4) is 11.8 Å². The van der Waals surface area contributed by atoms with Crippen molar-refractivity contribution in [2.45, 2.75) is 6.36 Å². The molecule has 0 saturated carbocycles. The van der Waals surface area contributed by atoms with Crippen LogP contribution in [0.2, 0.25) is 5.15 Å². The van der Waals surface area contributed by atoms with Crippen LogP contribution in [0.3, 0.4) is 0 Å². The van der Waals surface area contributed by atoms with Gasteiger partial charge in [-0.3, -0.25) is 4.79 Å². The predicted octanol–water partition coefficient (Wildman–Crippen LogP) is 3.32. The summed E-state index contributed by atoms with van der Waals surface area (Å²) >= 11 is 6.13. The van der Waals surface area contributed by atoms with E-state index in [1.807, 2.05) is 15.9 Å². The lowest BCUT2D eigenvalue weighted by Crippen LogP contribution is -2.32. The zero-order valence-corrected chi connectivity index (χ0v) is 18.6. The highest BCUT2D eigenvalue weighted by Gasteiger charge is 2.42. The number of hydrogen-bond acceptors (Lipinski definition) is 7. The van der Waals surface area contributed by atoms with Crippen LogP contribution >= 0.6 is 11.6 Å². The Bertz CT molecular complexity index is 1350. The molecule has 2 atom stereocenters. The smallest absolute Gasteiger partial charge is 0.404 e. The molecule has 12 heteroatoms. The molecule has 2 aliphatic heterocycles. The molecule has 0 amide bonds. The van der Waals surface area contributed by atoms with Gasteiger partial charge >= 0.3 is 6.36 Å². The number of ether oxygens (including phenoxy) is 1. The zero-order chi connectivity index (χ0) is 24.2. The minimum absolute atomic E-state index is 0.0310. The molecular formula is C22H18ClF3N6O2. The quantitative estimate of drug-likeness (QED) is 0.520. The summed E-state index contributed by atoms with van der Waals surface area (Å²) in [6.07, 6.45) is -3.70. The number of halogens is 4. The predicted molar refractivity (Wildman–Crippen MR) is 119 cm³/mol. The maximum absolute atomic E-state index is 12.8. The first-order valence-electron chi connectivity index (χ1n) is 10.5. The van der Waals surface area contributed by atoms with Gasteiger partial charge in [-0.1, -0.05) is 11.6 Å². The maximum atomic E-state index is 12.8. The fourth-order valence-electron chi connectivity index (χ4n) is 4.89. The van der Waals surface area contributed by atoms with Crippen molar-refractivity contribution in [2.24, 2.45) is 18.9 Å². The van der Waals surface area contributed by atoms with Gasteiger partial charge in [-0.25, -0.2) is 9.97 Å². The van der Waals surface area contributed by atoms with Gasteiger partial charge in [0.05, 0.1) is 17.4 Å². The Labute approximate surface area is 196 Å². The summed E-state index contributed by atoms with van der Waals surface area (Å²) in [4.78, 5) is 25.4. The number of fused-ring (bicyclic) bond motifs is 2. The first kappa shape index (κ1) is 22.3. The molecule has 0 radical (unpaired) electrons. The van der Waals surface area contributed by atoms with E-state index >= 15 is 0 Å². The lowest BCUT2D eigenvalue weighted by atomic mass is 10.0. The first-order valence-corrected chi connectivity index (χ1v) is 10.8. The molecule has 8 nitrogen and oxygen atoms in total. The van der Waals surface area contributed by atoms with Crippen LogP contribution in [0.5, 0.6) is 5.75 Å². The lowest BCUT2D eigenvalue weighted by Gasteiger charge is -2.25. The third-order valence-corrected chi connectivity index (χ3v) is 6.58. The summed E-state index contributed by atoms with van der Waals surface area (Å²) in [5, 5.41) is 10.0. The molecule has 176 valence electrons. The molecule has 0 N–H and O–H groups in total. The second-order valence-electron chi connectivity index (χ2n) is 8.43. The summed E-state index contributed by atoms with van der Waals surface area (Å²) in [7, 11) is 1.60. The van der Waals surface area contributed by atoms with E-state index < -0.39 is 11.9 Å². The van der Waals surface area contributed by atoms with E-state index in [4.69, 9.17) is 11.6 Å². The molecule has 5 rings (SSSR count). The van der Waals surface area contributed by atoms with E-state index in [-0.39, 0.29) is 28.3 Å². The molecule has 2 aliphatic rings. The highest BCUT2D eigenvalue weighted by Crippen LogP contribution is 2.39. The van der Waals surface area contributed by atoms with Crippen molar-refractivity contribution in [1.82, 2.24) is 14.5 Å². The summed E-state index contributed by atoms with van der Waals surface area (Å²) < 4.78 is 42.4. The molecule has 3 aromatic rings. The van der Waals surface area contributed by atoms with E-state index in [2.05, 4.69) is 14.7 Å². The number of hydrogen-bond donors (Lipinski definition) is 0. The van der Waals surface area contributed by atoms with Gasteiger partial charge in [-0.2, -0.15) is 5.26 Å². The first-order chi connectivity index (χ1) is 16.1. The molecule has 5 heterocycles. The number of nitrogens with zero attached hydrogens (tertiary/aromatic N) is 6. The van der Waals surface area contributed by atoms with Gasteiger partial charge in [-0.15, -0.1) is 13.2 Å². The minimum atomic E-state index is -4.76. The second kappa shape index (κ2) is 8.06. The van der Waals surface area contributed by atoms with Crippen LogP contribution in [0.1, 0.15) is 5.56 Å². The van der Waals surface area contributed by atoms with Crippen molar-refractivity contribution in [3.05, 3.63) is 51.5 Å². The molecular weight excluding hydrogens is 473 g/mol. The van der Waals surface area contributed by atoms with Gasteiger partial charge in [-0.05, 0) is 24.3 Å². The fourth-order valence-corrected chi connectivity index (χ4v) is 5.04. The summed E-state index contributed by atoms with van der Waals surface area (Å²) in [5.74, 6) is 0.644. The lowest BCUT2D eigenvalue weighted by molar-refractivity contribution is -0.274. The molecule has 2 unspecified atom stereocenters. The van der Waals surface area contributed by atoms with Gasteiger partial charge in [0, 0.05) is 45.1 Å². The third kappa shape index (κ3) is 3.88. The molecule has 2 fully saturated rings. The topological polar surface area (TPSA) is 87.3 Å². The Kier molecular flexibility index (Phi) is 5.28. The van der Waals surface area contributed by atoms with Crippen molar-refractivity contribution >= 4 is 34.1 Å². The Morgan fingerprint density at radius 2 is 1.79 bits per heavy atom. The van der Waals surface area contributed by atoms with Crippen LogP contribution in [-0.2, 0) is 7.05 Å². The van der Waals surface area contributed by atoms with Gasteiger partial charge in [0.1, 0.15) is 33.9 Å². The number of aromatic nitrogens is 3. The third-order valence-electron chi connectivity index (χ3n) is 6.37. The molecule has 2 saturated heterocycles. The fraction of sp³-hybridized carbons (Fsp3) is 0.364. The van der Waals surface area contributed by atoms with Crippen LogP contribution in [-0.4, -0.2) is 47.1 Å². The number of nitriles is 1. The average molecular weight is 491 g/mol. The van der Waals surface area contributed by atoms with Crippen molar-refractivity contribution in [3.63, 3.8) is 0 Å². The van der Waals surface area contributed by atoms with Gasteiger partial charge in [0.25, 0.3) is 5.56 Å². The Hall–Kier alpha value is -3.52. The van der Waals surface area contributed by atoms with Gasteiger partial charge in [0.2, 0.25) is 0 Å². The van der Waals surface area contributed by atoms with Crippen LogP contribution in [0, 0.1) is 23.2 Å². The number of anilines is 2. The number of alkyl halides is 3. The minimum Gasteiger partial charge on any atom is -0.404 e. The van der Waals surface area contributed by atoms with E-state index in [0.717, 1.165) is 6.20 Å². The number of rotatable bonds is 3. The van der Waals surface area contributed by atoms with Crippen molar-refractivity contribution in [1.29, 1.82) is 5.26 Å². The molecule has 0 spiro atoms. The summed E-state index contributed by atoms with van der Waals surface area (Å²) in [6, 6.07) is 8.12. The van der Waals surface area contributed by atoms with Crippen LogP contribution in [0.4, 0.5) is 24.7 Å². The number of pyridine rings is 3.